The number of anilines is 1. The second-order valence-corrected chi connectivity index (χ2v) is 5.58. The van der Waals surface area contributed by atoms with Crippen LogP contribution in [-0.4, -0.2) is 18.2 Å². The molecule has 1 rings (SSSR count). The van der Waals surface area contributed by atoms with Gasteiger partial charge in [0.15, 0.2) is 0 Å². The average molecular weight is 287 g/mol. The summed E-state index contributed by atoms with van der Waals surface area (Å²) in [5, 5.41) is 11.7. The molecule has 0 aliphatic rings. The molecule has 3 N–H and O–H groups in total. The fraction of sp³-hybridized carbons (Fsp3) is 0.375. The molecule has 5 heteroatoms. The SMILES string of the molecule is CC(C)(C)OC(=O)NCCC=Cc1ccc(N)cc1C#N. The van der Waals surface area contributed by atoms with Gasteiger partial charge in [-0.15, -0.1) is 0 Å². The smallest absolute Gasteiger partial charge is 0.407 e. The van der Waals surface area contributed by atoms with E-state index in [1.54, 1.807) is 18.2 Å². The van der Waals surface area contributed by atoms with Crippen LogP contribution in [0.4, 0.5) is 10.5 Å². The number of rotatable bonds is 4. The minimum Gasteiger partial charge on any atom is -0.444 e. The van der Waals surface area contributed by atoms with Gasteiger partial charge in [0.1, 0.15) is 5.60 Å². The number of amides is 1. The van der Waals surface area contributed by atoms with E-state index in [2.05, 4.69) is 11.4 Å². The van der Waals surface area contributed by atoms with E-state index in [9.17, 15) is 4.79 Å². The standard InChI is InChI=1S/C16H21N3O2/c1-16(2,3)21-15(20)19-9-5-4-6-12-7-8-14(18)10-13(12)11-17/h4,6-8,10H,5,9,18H2,1-3H3,(H,19,20). The fourth-order valence-electron chi connectivity index (χ4n) is 1.60. The molecule has 1 aromatic rings. The molecule has 1 aromatic carbocycles. The molecule has 0 aromatic heterocycles. The van der Waals surface area contributed by atoms with Crippen molar-refractivity contribution in [3.63, 3.8) is 0 Å². The molecule has 0 fully saturated rings. The van der Waals surface area contributed by atoms with Gasteiger partial charge in [0.25, 0.3) is 0 Å². The van der Waals surface area contributed by atoms with Crippen LogP contribution in [0.2, 0.25) is 0 Å². The summed E-state index contributed by atoms with van der Waals surface area (Å²) < 4.78 is 5.12. The Kier molecular flexibility index (Phi) is 5.79. The highest BCUT2D eigenvalue weighted by Crippen LogP contribution is 2.14. The number of hydrogen-bond donors (Lipinski definition) is 2. The van der Waals surface area contributed by atoms with Crippen molar-refractivity contribution in [2.75, 3.05) is 12.3 Å². The van der Waals surface area contributed by atoms with Crippen LogP contribution >= 0.6 is 0 Å². The molecule has 0 radical (unpaired) electrons. The molecule has 0 saturated carbocycles. The molecule has 0 aliphatic heterocycles. The molecule has 0 bridgehead atoms. The van der Waals surface area contributed by atoms with Gasteiger partial charge in [-0.3, -0.25) is 0 Å². The predicted octanol–water partition coefficient (Wildman–Crippen LogP) is 3.07. The Morgan fingerprint density at radius 3 is 2.81 bits per heavy atom. The molecule has 21 heavy (non-hydrogen) atoms. The second kappa shape index (κ2) is 7.34. The van der Waals surface area contributed by atoms with Gasteiger partial charge >= 0.3 is 6.09 Å². The number of carbonyl (C=O) groups excluding carboxylic acids is 1. The van der Waals surface area contributed by atoms with Crippen molar-refractivity contribution in [2.45, 2.75) is 32.8 Å². The number of alkyl carbamates (subject to hydrolysis) is 1. The highest BCUT2D eigenvalue weighted by atomic mass is 16.6. The van der Waals surface area contributed by atoms with E-state index in [0.717, 1.165) is 5.56 Å². The van der Waals surface area contributed by atoms with Gasteiger partial charge in [-0.1, -0.05) is 18.2 Å². The molecule has 0 spiro atoms. The molecule has 5 nitrogen and oxygen atoms in total. The maximum atomic E-state index is 11.4. The van der Waals surface area contributed by atoms with E-state index in [1.165, 1.54) is 0 Å². The zero-order valence-electron chi connectivity index (χ0n) is 12.6. The maximum Gasteiger partial charge on any atom is 0.407 e. The van der Waals surface area contributed by atoms with E-state index in [-0.39, 0.29) is 0 Å². The Hall–Kier alpha value is -2.48. The number of hydrogen-bond acceptors (Lipinski definition) is 4. The van der Waals surface area contributed by atoms with Crippen molar-refractivity contribution in [3.05, 3.63) is 35.4 Å². The Bertz CT molecular complexity index is 566. The van der Waals surface area contributed by atoms with E-state index in [1.807, 2.05) is 32.9 Å². The number of nitrogens with two attached hydrogens (primary N) is 1. The normalized spacial score (nSPS) is 11.1. The van der Waals surface area contributed by atoms with Crippen LogP contribution in [0.1, 0.15) is 38.3 Å². The molecule has 0 atom stereocenters. The highest BCUT2D eigenvalue weighted by Gasteiger charge is 2.15. The summed E-state index contributed by atoms with van der Waals surface area (Å²) in [5.74, 6) is 0. The first-order chi connectivity index (χ1) is 9.81. The first-order valence-electron chi connectivity index (χ1n) is 6.75. The van der Waals surface area contributed by atoms with Gasteiger partial charge in [0, 0.05) is 12.2 Å². The van der Waals surface area contributed by atoms with E-state index in [0.29, 0.717) is 24.2 Å². The minimum atomic E-state index is -0.494. The summed E-state index contributed by atoms with van der Waals surface area (Å²) >= 11 is 0. The third-order valence-electron chi connectivity index (χ3n) is 2.47. The number of nitriles is 1. The molecule has 0 unspecified atom stereocenters. The van der Waals surface area contributed by atoms with Gasteiger partial charge in [0.2, 0.25) is 0 Å². The summed E-state index contributed by atoms with van der Waals surface area (Å²) in [6.07, 6.45) is 3.95. The number of carbonyl (C=O) groups is 1. The zero-order valence-corrected chi connectivity index (χ0v) is 12.6. The number of nitrogen functional groups attached to an aromatic ring is 1. The van der Waals surface area contributed by atoms with Crippen molar-refractivity contribution in [3.8, 4) is 6.07 Å². The monoisotopic (exact) mass is 287 g/mol. The molecule has 1 amide bonds. The fourth-order valence-corrected chi connectivity index (χ4v) is 1.60. The first kappa shape index (κ1) is 16.6. The van der Waals surface area contributed by atoms with Crippen molar-refractivity contribution >= 4 is 17.9 Å². The molecule has 0 heterocycles. The van der Waals surface area contributed by atoms with Crippen LogP contribution in [0.5, 0.6) is 0 Å². The number of benzene rings is 1. The van der Waals surface area contributed by atoms with Crippen molar-refractivity contribution < 1.29 is 9.53 Å². The minimum absolute atomic E-state index is 0.430. The van der Waals surface area contributed by atoms with Crippen molar-refractivity contribution in [1.82, 2.24) is 5.32 Å². The lowest BCUT2D eigenvalue weighted by atomic mass is 10.1. The summed E-state index contributed by atoms with van der Waals surface area (Å²) in [6.45, 7) is 5.92. The Morgan fingerprint density at radius 2 is 2.19 bits per heavy atom. The van der Waals surface area contributed by atoms with Crippen LogP contribution in [0.25, 0.3) is 6.08 Å². The van der Waals surface area contributed by atoms with Gasteiger partial charge in [0.05, 0.1) is 11.6 Å². The number of nitrogens with zero attached hydrogens (tertiary/aromatic N) is 1. The first-order valence-corrected chi connectivity index (χ1v) is 6.75. The van der Waals surface area contributed by atoms with E-state index in [4.69, 9.17) is 15.7 Å². The van der Waals surface area contributed by atoms with Crippen LogP contribution in [0.15, 0.2) is 24.3 Å². The van der Waals surface area contributed by atoms with Crippen LogP contribution in [0.3, 0.4) is 0 Å². The zero-order chi connectivity index (χ0) is 15.9. The Labute approximate surface area is 125 Å². The summed E-state index contributed by atoms with van der Waals surface area (Å²) in [5.41, 5.74) is 7.04. The topological polar surface area (TPSA) is 88.1 Å². The van der Waals surface area contributed by atoms with Crippen LogP contribution in [0, 0.1) is 11.3 Å². The van der Waals surface area contributed by atoms with Gasteiger partial charge in [-0.05, 0) is 44.9 Å². The lowest BCUT2D eigenvalue weighted by Gasteiger charge is -2.19. The molecular formula is C16H21N3O2. The molecule has 0 aliphatic carbocycles. The highest BCUT2D eigenvalue weighted by molar-refractivity contribution is 5.67. The predicted molar refractivity (Wildman–Crippen MR) is 83.5 cm³/mol. The van der Waals surface area contributed by atoms with Crippen molar-refractivity contribution in [1.29, 1.82) is 5.26 Å². The molecular weight excluding hydrogens is 266 g/mol. The Balaban J connectivity index is 2.43. The van der Waals surface area contributed by atoms with Crippen LogP contribution in [-0.2, 0) is 4.74 Å². The lowest BCUT2D eigenvalue weighted by Crippen LogP contribution is -2.32. The maximum absolute atomic E-state index is 11.4. The summed E-state index contributed by atoms with van der Waals surface area (Å²) in [4.78, 5) is 11.4. The van der Waals surface area contributed by atoms with Crippen molar-refractivity contribution in [2.24, 2.45) is 0 Å². The lowest BCUT2D eigenvalue weighted by molar-refractivity contribution is 0.0529. The van der Waals surface area contributed by atoms with Crippen LogP contribution < -0.4 is 11.1 Å². The number of nitrogens with one attached hydrogen (secondary N) is 1. The van der Waals surface area contributed by atoms with Gasteiger partial charge in [-0.25, -0.2) is 4.79 Å². The van der Waals surface area contributed by atoms with Gasteiger partial charge in [-0.2, -0.15) is 5.26 Å². The summed E-state index contributed by atoms with van der Waals surface area (Å²) in [7, 11) is 0. The average Bonchev–Trinajstić information content (AvgIpc) is 2.37. The molecule has 112 valence electrons. The quantitative estimate of drug-likeness (QED) is 0.658. The third-order valence-corrected chi connectivity index (χ3v) is 2.47. The van der Waals surface area contributed by atoms with Gasteiger partial charge < -0.3 is 15.8 Å². The second-order valence-electron chi connectivity index (χ2n) is 5.58. The molecule has 0 saturated heterocycles. The Morgan fingerprint density at radius 1 is 1.48 bits per heavy atom. The number of ether oxygens (including phenoxy) is 1. The summed E-state index contributed by atoms with van der Waals surface area (Å²) in [6, 6.07) is 7.28. The third kappa shape index (κ3) is 6.48. The largest absolute Gasteiger partial charge is 0.444 e. The van der Waals surface area contributed by atoms with E-state index >= 15 is 0 Å². The van der Waals surface area contributed by atoms with E-state index < -0.39 is 11.7 Å².